The van der Waals surface area contributed by atoms with Gasteiger partial charge in [0.25, 0.3) is 0 Å². The first-order chi connectivity index (χ1) is 14.5. The van der Waals surface area contributed by atoms with Gasteiger partial charge >= 0.3 is 0 Å². The molecule has 2 aromatic heterocycles. The first-order valence-corrected chi connectivity index (χ1v) is 8.99. The number of carbonyl (C=O) groups is 2. The third-order valence-electron chi connectivity index (χ3n) is 4.54. The summed E-state index contributed by atoms with van der Waals surface area (Å²) in [6, 6.07) is 13.6. The van der Waals surface area contributed by atoms with E-state index in [1.165, 1.54) is 6.08 Å². The van der Waals surface area contributed by atoms with Gasteiger partial charge in [-0.15, -0.1) is 0 Å². The molecule has 2 aromatic carbocycles. The maximum atomic E-state index is 12.7. The van der Waals surface area contributed by atoms with E-state index in [-0.39, 0.29) is 5.78 Å². The van der Waals surface area contributed by atoms with E-state index in [0.29, 0.717) is 39.2 Å². The van der Waals surface area contributed by atoms with Crippen LogP contribution < -0.4 is 5.73 Å². The van der Waals surface area contributed by atoms with Gasteiger partial charge in [0.15, 0.2) is 17.1 Å². The Hall–Kier alpha value is -4.57. The smallest absolute Gasteiger partial charge is 0.241 e. The van der Waals surface area contributed by atoms with Crippen LogP contribution in [0.4, 0.5) is 5.69 Å². The Morgan fingerprint density at radius 1 is 1.03 bits per heavy atom. The molecule has 4 aromatic rings. The number of nitrogens with two attached hydrogens (primary N) is 1. The standard InChI is InChI=1S/C23H15N5O2/c1-25-18-9-6-16(7-10-18)22(30)15-4-2-14(3-5-15)19-13-27-23-21(28-19)17(12-26-23)8-11-20(24)29/h2-13H,(H2,24,29)(H,26,27)/b11-8+. The van der Waals surface area contributed by atoms with E-state index in [9.17, 15) is 9.59 Å². The molecule has 0 fully saturated rings. The summed E-state index contributed by atoms with van der Waals surface area (Å²) in [6.45, 7) is 6.99. The summed E-state index contributed by atoms with van der Waals surface area (Å²) >= 11 is 0. The summed E-state index contributed by atoms with van der Waals surface area (Å²) < 4.78 is 0. The van der Waals surface area contributed by atoms with Crippen molar-refractivity contribution >= 4 is 34.6 Å². The average molecular weight is 393 g/mol. The number of amides is 1. The molecule has 7 heteroatoms. The molecular formula is C23H15N5O2. The van der Waals surface area contributed by atoms with E-state index < -0.39 is 5.91 Å². The molecule has 0 aliphatic carbocycles. The molecule has 0 unspecified atom stereocenters. The van der Waals surface area contributed by atoms with Gasteiger partial charge in [0.2, 0.25) is 5.91 Å². The molecule has 0 bridgehead atoms. The number of nitrogens with zero attached hydrogens (tertiary/aromatic N) is 3. The van der Waals surface area contributed by atoms with Crippen molar-refractivity contribution in [2.24, 2.45) is 5.73 Å². The van der Waals surface area contributed by atoms with E-state index >= 15 is 0 Å². The Morgan fingerprint density at radius 3 is 2.33 bits per heavy atom. The van der Waals surface area contributed by atoms with E-state index in [2.05, 4.69) is 19.8 Å². The predicted molar refractivity (Wildman–Crippen MR) is 114 cm³/mol. The van der Waals surface area contributed by atoms with Crippen LogP contribution in [-0.2, 0) is 4.79 Å². The van der Waals surface area contributed by atoms with E-state index in [1.54, 1.807) is 54.9 Å². The number of rotatable bonds is 5. The first-order valence-electron chi connectivity index (χ1n) is 8.99. The van der Waals surface area contributed by atoms with Gasteiger partial charge in [-0.2, -0.15) is 0 Å². The van der Waals surface area contributed by atoms with Gasteiger partial charge in [0.05, 0.1) is 18.5 Å². The van der Waals surface area contributed by atoms with Crippen LogP contribution in [0.3, 0.4) is 0 Å². The SMILES string of the molecule is [C-]#[N+]c1ccc(C(=O)c2ccc(-c3cnc4[nH]cc(/C=C/C(N)=O)c4n3)cc2)cc1. The quantitative estimate of drug-likeness (QED) is 0.305. The highest BCUT2D eigenvalue weighted by atomic mass is 16.1. The number of primary amides is 1. The minimum absolute atomic E-state index is 0.121. The van der Waals surface area contributed by atoms with Gasteiger partial charge in [-0.3, -0.25) is 9.59 Å². The second-order valence-corrected chi connectivity index (χ2v) is 6.50. The second kappa shape index (κ2) is 7.81. The molecule has 2 heterocycles. The van der Waals surface area contributed by atoms with Crippen molar-refractivity contribution in [3.8, 4) is 11.3 Å². The highest BCUT2D eigenvalue weighted by Gasteiger charge is 2.11. The van der Waals surface area contributed by atoms with Crippen molar-refractivity contribution in [1.82, 2.24) is 15.0 Å². The van der Waals surface area contributed by atoms with Crippen LogP contribution >= 0.6 is 0 Å². The summed E-state index contributed by atoms with van der Waals surface area (Å²) in [4.78, 5) is 39.0. The summed E-state index contributed by atoms with van der Waals surface area (Å²) in [5.41, 5.74) is 10.1. The number of hydrogen-bond donors (Lipinski definition) is 2. The molecule has 7 nitrogen and oxygen atoms in total. The number of benzene rings is 2. The van der Waals surface area contributed by atoms with Crippen LogP contribution in [0.15, 0.2) is 67.0 Å². The molecule has 0 saturated heterocycles. The van der Waals surface area contributed by atoms with Gasteiger partial charge in [-0.25, -0.2) is 14.8 Å². The lowest BCUT2D eigenvalue weighted by molar-refractivity contribution is -0.113. The lowest BCUT2D eigenvalue weighted by Gasteiger charge is -2.05. The van der Waals surface area contributed by atoms with Gasteiger partial charge in [-0.05, 0) is 6.08 Å². The number of fused-ring (bicyclic) bond motifs is 1. The number of aromatic amines is 1. The monoisotopic (exact) mass is 393 g/mol. The van der Waals surface area contributed by atoms with E-state index in [1.807, 2.05) is 12.1 Å². The lowest BCUT2D eigenvalue weighted by Crippen LogP contribution is -2.05. The molecule has 4 rings (SSSR count). The number of ketones is 1. The molecular weight excluding hydrogens is 378 g/mol. The number of H-pyrrole nitrogens is 1. The Bertz CT molecular complexity index is 1330. The molecule has 0 aliphatic rings. The van der Waals surface area contributed by atoms with E-state index in [0.717, 1.165) is 5.56 Å². The maximum Gasteiger partial charge on any atom is 0.241 e. The van der Waals surface area contributed by atoms with Gasteiger partial charge in [-0.1, -0.05) is 48.5 Å². The van der Waals surface area contributed by atoms with Crippen LogP contribution in [0.5, 0.6) is 0 Å². The average Bonchev–Trinajstić information content (AvgIpc) is 3.19. The molecule has 0 spiro atoms. The van der Waals surface area contributed by atoms with Gasteiger partial charge < -0.3 is 10.7 Å². The summed E-state index contributed by atoms with van der Waals surface area (Å²) in [5.74, 6) is -0.665. The molecule has 144 valence electrons. The molecule has 1 amide bonds. The zero-order valence-corrected chi connectivity index (χ0v) is 15.7. The zero-order valence-electron chi connectivity index (χ0n) is 15.7. The number of aromatic nitrogens is 3. The topological polar surface area (TPSA) is 106 Å². The Labute approximate surface area is 171 Å². The molecule has 0 aliphatic heterocycles. The zero-order chi connectivity index (χ0) is 21.1. The Kier molecular flexibility index (Phi) is 4.89. The maximum absolute atomic E-state index is 12.7. The fourth-order valence-corrected chi connectivity index (χ4v) is 2.99. The van der Waals surface area contributed by atoms with Crippen LogP contribution in [0.1, 0.15) is 21.5 Å². The Morgan fingerprint density at radius 2 is 1.70 bits per heavy atom. The molecule has 0 radical (unpaired) electrons. The van der Waals surface area contributed by atoms with Crippen molar-refractivity contribution in [3.05, 3.63) is 95.1 Å². The third-order valence-corrected chi connectivity index (χ3v) is 4.54. The van der Waals surface area contributed by atoms with Crippen molar-refractivity contribution in [2.45, 2.75) is 0 Å². The predicted octanol–water partition coefficient (Wildman–Crippen LogP) is 3.91. The third kappa shape index (κ3) is 3.70. The van der Waals surface area contributed by atoms with Crippen molar-refractivity contribution in [2.75, 3.05) is 0 Å². The number of hydrogen-bond acceptors (Lipinski definition) is 4. The Balaban J connectivity index is 1.62. The fraction of sp³-hybridized carbons (Fsp3) is 0. The van der Waals surface area contributed by atoms with Crippen LogP contribution in [0.25, 0.3) is 33.3 Å². The van der Waals surface area contributed by atoms with Crippen molar-refractivity contribution < 1.29 is 9.59 Å². The van der Waals surface area contributed by atoms with Crippen molar-refractivity contribution in [1.29, 1.82) is 0 Å². The fourth-order valence-electron chi connectivity index (χ4n) is 2.99. The van der Waals surface area contributed by atoms with E-state index in [4.69, 9.17) is 12.3 Å². The highest BCUT2D eigenvalue weighted by Crippen LogP contribution is 2.23. The molecule has 3 N–H and O–H groups in total. The molecule has 0 saturated carbocycles. The summed E-state index contributed by atoms with van der Waals surface area (Å²) in [5, 5.41) is 0. The molecule has 30 heavy (non-hydrogen) atoms. The van der Waals surface area contributed by atoms with Crippen molar-refractivity contribution in [3.63, 3.8) is 0 Å². The lowest BCUT2D eigenvalue weighted by atomic mass is 10.0. The van der Waals surface area contributed by atoms with Crippen LogP contribution in [0, 0.1) is 6.57 Å². The summed E-state index contributed by atoms with van der Waals surface area (Å²) in [7, 11) is 0. The second-order valence-electron chi connectivity index (χ2n) is 6.50. The van der Waals surface area contributed by atoms with Gasteiger partial charge in [0.1, 0.15) is 5.52 Å². The first kappa shape index (κ1) is 18.8. The highest BCUT2D eigenvalue weighted by molar-refractivity contribution is 6.09. The minimum Gasteiger partial charge on any atom is -0.366 e. The largest absolute Gasteiger partial charge is 0.366 e. The normalized spacial score (nSPS) is 10.9. The minimum atomic E-state index is -0.544. The number of nitrogens with one attached hydrogen (secondary N) is 1. The van der Waals surface area contributed by atoms with Crippen LogP contribution in [0.2, 0.25) is 0 Å². The van der Waals surface area contributed by atoms with Crippen LogP contribution in [-0.4, -0.2) is 26.6 Å². The van der Waals surface area contributed by atoms with Gasteiger partial charge in [0, 0.05) is 34.5 Å². The number of carbonyl (C=O) groups excluding carboxylic acids is 2. The molecule has 0 atom stereocenters. The summed E-state index contributed by atoms with van der Waals surface area (Å²) in [6.07, 6.45) is 6.19.